The van der Waals surface area contributed by atoms with Gasteiger partial charge in [0.15, 0.2) is 11.5 Å². The van der Waals surface area contributed by atoms with Crippen LogP contribution < -0.4 is 19.9 Å². The Morgan fingerprint density at radius 1 is 1.04 bits per heavy atom. The van der Waals surface area contributed by atoms with Gasteiger partial charge in [-0.05, 0) is 23.1 Å². The first-order valence-electron chi connectivity index (χ1n) is 8.59. The molecule has 0 spiro atoms. The Balaban J connectivity index is 2.02. The molecule has 0 bridgehead atoms. The lowest BCUT2D eigenvalue weighted by molar-refractivity contribution is 0.354. The van der Waals surface area contributed by atoms with Crippen LogP contribution in [0.25, 0.3) is 10.8 Å². The van der Waals surface area contributed by atoms with Gasteiger partial charge in [-0.3, -0.25) is 0 Å². The first-order chi connectivity index (χ1) is 13.6. The summed E-state index contributed by atoms with van der Waals surface area (Å²) >= 11 is 3.62. The molecule has 0 amide bonds. The van der Waals surface area contributed by atoms with Gasteiger partial charge in [-0.25, -0.2) is 0 Å². The predicted molar refractivity (Wildman–Crippen MR) is 110 cm³/mol. The zero-order valence-electron chi connectivity index (χ0n) is 15.3. The van der Waals surface area contributed by atoms with Crippen molar-refractivity contribution in [2.24, 2.45) is 5.73 Å². The predicted octanol–water partition coefficient (Wildman–Crippen LogP) is 4.84. The van der Waals surface area contributed by atoms with E-state index >= 15 is 0 Å². The molecule has 0 fully saturated rings. The van der Waals surface area contributed by atoms with Crippen LogP contribution in [0.4, 0.5) is 0 Å². The molecular formula is C22H17BrN2O3. The van der Waals surface area contributed by atoms with Crippen molar-refractivity contribution in [1.82, 2.24) is 0 Å². The number of nitrogens with zero attached hydrogens (tertiary/aromatic N) is 1. The fraction of sp³-hybridized carbons (Fsp3) is 0.136. The number of fused-ring (bicyclic) bond motifs is 3. The molecule has 140 valence electrons. The molecule has 28 heavy (non-hydrogen) atoms. The monoisotopic (exact) mass is 436 g/mol. The van der Waals surface area contributed by atoms with Gasteiger partial charge in [0, 0.05) is 15.4 Å². The number of methoxy groups -OCH3 is 2. The van der Waals surface area contributed by atoms with Gasteiger partial charge < -0.3 is 19.9 Å². The maximum Gasteiger partial charge on any atom is 0.205 e. The number of nitrogens with two attached hydrogens (primary N) is 1. The summed E-state index contributed by atoms with van der Waals surface area (Å²) in [5.74, 6) is 1.55. The molecule has 0 radical (unpaired) electrons. The fourth-order valence-electron chi connectivity index (χ4n) is 3.60. The van der Waals surface area contributed by atoms with Gasteiger partial charge in [0.25, 0.3) is 0 Å². The van der Waals surface area contributed by atoms with E-state index in [0.717, 1.165) is 26.4 Å². The third-order valence-corrected chi connectivity index (χ3v) is 5.61. The first kappa shape index (κ1) is 18.2. The van der Waals surface area contributed by atoms with Crippen LogP contribution >= 0.6 is 15.9 Å². The smallest absolute Gasteiger partial charge is 0.205 e. The van der Waals surface area contributed by atoms with Crippen LogP contribution in [0.3, 0.4) is 0 Å². The van der Waals surface area contributed by atoms with Crippen molar-refractivity contribution in [3.05, 3.63) is 75.6 Å². The third kappa shape index (κ3) is 2.76. The molecular weight excluding hydrogens is 420 g/mol. The van der Waals surface area contributed by atoms with Crippen LogP contribution in [0.1, 0.15) is 17.0 Å². The Hall–Kier alpha value is -3.17. The summed E-state index contributed by atoms with van der Waals surface area (Å²) in [5.41, 5.74) is 8.24. The van der Waals surface area contributed by atoms with E-state index in [9.17, 15) is 5.26 Å². The van der Waals surface area contributed by atoms with Crippen LogP contribution in [-0.4, -0.2) is 14.2 Å². The average Bonchev–Trinajstić information content (AvgIpc) is 2.72. The lowest BCUT2D eigenvalue weighted by Crippen LogP contribution is -2.21. The van der Waals surface area contributed by atoms with Crippen LogP contribution in [0.5, 0.6) is 17.2 Å². The van der Waals surface area contributed by atoms with Gasteiger partial charge in [0.2, 0.25) is 5.88 Å². The summed E-state index contributed by atoms with van der Waals surface area (Å²) in [6, 6.07) is 17.8. The molecule has 1 atom stereocenters. The molecule has 6 heteroatoms. The second-order valence-electron chi connectivity index (χ2n) is 6.36. The number of allylic oxidation sites excluding steroid dienone is 1. The Labute approximate surface area is 171 Å². The van der Waals surface area contributed by atoms with E-state index in [1.54, 1.807) is 14.2 Å². The minimum absolute atomic E-state index is 0.109. The maximum absolute atomic E-state index is 9.81. The molecule has 1 aliphatic heterocycles. The molecule has 0 saturated carbocycles. The highest BCUT2D eigenvalue weighted by molar-refractivity contribution is 9.10. The number of rotatable bonds is 3. The number of benzene rings is 3. The molecule has 0 unspecified atom stereocenters. The van der Waals surface area contributed by atoms with Crippen molar-refractivity contribution in [2.75, 3.05) is 14.2 Å². The van der Waals surface area contributed by atoms with Gasteiger partial charge >= 0.3 is 0 Å². The molecule has 1 aliphatic rings. The Kier molecular flexibility index (Phi) is 4.62. The lowest BCUT2D eigenvalue weighted by Gasteiger charge is -2.28. The highest BCUT2D eigenvalue weighted by atomic mass is 79.9. The number of ether oxygens (including phenoxy) is 3. The largest absolute Gasteiger partial charge is 0.493 e. The molecule has 0 aromatic heterocycles. The number of hydrogen-bond donors (Lipinski definition) is 1. The molecule has 4 rings (SSSR count). The molecule has 3 aromatic carbocycles. The van der Waals surface area contributed by atoms with Crippen molar-refractivity contribution in [3.8, 4) is 23.3 Å². The zero-order valence-corrected chi connectivity index (χ0v) is 16.9. The van der Waals surface area contributed by atoms with E-state index in [1.165, 1.54) is 0 Å². The highest BCUT2D eigenvalue weighted by Gasteiger charge is 2.33. The van der Waals surface area contributed by atoms with Crippen LogP contribution in [0.15, 0.2) is 64.5 Å². The molecule has 5 nitrogen and oxygen atoms in total. The summed E-state index contributed by atoms with van der Waals surface area (Å²) in [6.07, 6.45) is 0. The summed E-state index contributed by atoms with van der Waals surface area (Å²) in [5, 5.41) is 11.8. The van der Waals surface area contributed by atoms with E-state index < -0.39 is 5.92 Å². The zero-order chi connectivity index (χ0) is 19.8. The Bertz CT molecular complexity index is 1160. The van der Waals surface area contributed by atoms with Crippen molar-refractivity contribution < 1.29 is 14.2 Å². The Morgan fingerprint density at radius 3 is 2.46 bits per heavy atom. The molecule has 0 aliphatic carbocycles. The number of hydrogen-bond acceptors (Lipinski definition) is 5. The summed E-state index contributed by atoms with van der Waals surface area (Å²) in [4.78, 5) is 0. The summed E-state index contributed by atoms with van der Waals surface area (Å²) in [6.45, 7) is 0. The number of nitriles is 1. The summed E-state index contributed by atoms with van der Waals surface area (Å²) in [7, 11) is 3.16. The van der Waals surface area contributed by atoms with Gasteiger partial charge in [-0.15, -0.1) is 0 Å². The molecule has 1 heterocycles. The topological polar surface area (TPSA) is 77.5 Å². The average molecular weight is 437 g/mol. The van der Waals surface area contributed by atoms with Crippen molar-refractivity contribution in [3.63, 3.8) is 0 Å². The minimum Gasteiger partial charge on any atom is -0.493 e. The van der Waals surface area contributed by atoms with Gasteiger partial charge in [-0.2, -0.15) is 5.26 Å². The second-order valence-corrected chi connectivity index (χ2v) is 7.21. The summed E-state index contributed by atoms with van der Waals surface area (Å²) < 4.78 is 17.5. The van der Waals surface area contributed by atoms with Crippen molar-refractivity contribution >= 4 is 26.7 Å². The van der Waals surface area contributed by atoms with Gasteiger partial charge in [0.1, 0.15) is 17.4 Å². The van der Waals surface area contributed by atoms with Crippen LogP contribution in [-0.2, 0) is 0 Å². The Morgan fingerprint density at radius 2 is 1.75 bits per heavy atom. The van der Waals surface area contributed by atoms with Crippen molar-refractivity contribution in [2.45, 2.75) is 5.92 Å². The van der Waals surface area contributed by atoms with Gasteiger partial charge in [-0.1, -0.05) is 52.3 Å². The fourth-order valence-corrected chi connectivity index (χ4v) is 4.15. The van der Waals surface area contributed by atoms with E-state index in [4.69, 9.17) is 19.9 Å². The highest BCUT2D eigenvalue weighted by Crippen LogP contribution is 2.48. The molecule has 2 N–H and O–H groups in total. The molecule has 0 saturated heterocycles. The van der Waals surface area contributed by atoms with E-state index in [2.05, 4.69) is 22.0 Å². The quantitative estimate of drug-likeness (QED) is 0.635. The maximum atomic E-state index is 9.81. The standard InChI is InChI=1S/C22H17BrN2O3/c1-26-18-9-15(17(23)10-19(18)27-2)20-14-8-7-12-5-3-4-6-13(12)21(14)28-22(25)16(20)11-24/h3-10,20H,25H2,1-2H3/t20-/m0/s1. The van der Waals surface area contributed by atoms with E-state index in [0.29, 0.717) is 22.8 Å². The first-order valence-corrected chi connectivity index (χ1v) is 9.39. The third-order valence-electron chi connectivity index (χ3n) is 4.92. The molecule has 3 aromatic rings. The van der Waals surface area contributed by atoms with E-state index in [-0.39, 0.29) is 5.88 Å². The SMILES string of the molecule is COc1cc(Br)c([C@H]2C(C#N)=C(N)Oc3c2ccc2ccccc32)cc1OC. The lowest BCUT2D eigenvalue weighted by atomic mass is 9.82. The van der Waals surface area contributed by atoms with Crippen LogP contribution in [0, 0.1) is 11.3 Å². The van der Waals surface area contributed by atoms with E-state index in [1.807, 2.05) is 48.5 Å². The van der Waals surface area contributed by atoms with Crippen LogP contribution in [0.2, 0.25) is 0 Å². The van der Waals surface area contributed by atoms with Crippen molar-refractivity contribution in [1.29, 1.82) is 5.26 Å². The minimum atomic E-state index is -0.396. The van der Waals surface area contributed by atoms with Gasteiger partial charge in [0.05, 0.1) is 20.1 Å². The normalized spacial score (nSPS) is 15.6. The number of halogens is 1. The second kappa shape index (κ2) is 7.10.